The maximum absolute atomic E-state index is 11.8. The van der Waals surface area contributed by atoms with Gasteiger partial charge in [0.2, 0.25) is 0 Å². The lowest BCUT2D eigenvalue weighted by Gasteiger charge is -2.34. The van der Waals surface area contributed by atoms with Crippen molar-refractivity contribution in [2.45, 2.75) is 25.3 Å². The molecule has 110 valence electrons. The second kappa shape index (κ2) is 5.24. The Morgan fingerprint density at radius 1 is 1.43 bits per heavy atom. The third-order valence-corrected chi connectivity index (χ3v) is 4.14. The van der Waals surface area contributed by atoms with Crippen LogP contribution in [-0.4, -0.2) is 29.7 Å². The molecule has 21 heavy (non-hydrogen) atoms. The first kappa shape index (κ1) is 13.7. The molecule has 3 atom stereocenters. The number of anilines is 1. The third-order valence-electron chi connectivity index (χ3n) is 4.14. The minimum Gasteiger partial charge on any atom is -0.480 e. The monoisotopic (exact) mass is 287 g/mol. The summed E-state index contributed by atoms with van der Waals surface area (Å²) in [5, 5.41) is 12.4. The molecule has 0 bridgehead atoms. The maximum atomic E-state index is 11.8. The fourth-order valence-corrected chi connectivity index (χ4v) is 3.18. The van der Waals surface area contributed by atoms with Crippen LogP contribution in [0.25, 0.3) is 0 Å². The van der Waals surface area contributed by atoms with Crippen LogP contribution in [0.15, 0.2) is 30.4 Å². The van der Waals surface area contributed by atoms with Gasteiger partial charge in [-0.15, -0.1) is 0 Å². The average Bonchev–Trinajstić information content (AvgIpc) is 2.95. The number of ether oxygens (including phenoxy) is 1. The second-order valence-electron chi connectivity index (χ2n) is 5.34. The zero-order valence-electron chi connectivity index (χ0n) is 11.7. The molecule has 0 aromatic heterocycles. The van der Waals surface area contributed by atoms with E-state index < -0.39 is 12.0 Å². The van der Waals surface area contributed by atoms with Crippen LogP contribution in [0.2, 0.25) is 0 Å². The van der Waals surface area contributed by atoms with Crippen LogP contribution in [0.1, 0.15) is 35.2 Å². The standard InChI is InChI=1S/C16H17NO4/c1-2-21-16(20)9-6-7-13-12(8-9)10-4-3-5-11(10)14(17-13)15(18)19/h3-4,6-8,10-11,14,17H,2,5H2,1H3,(H,18,19)/t10-,11+,14-/m1/s1. The first-order chi connectivity index (χ1) is 10.1. The Morgan fingerprint density at radius 2 is 2.24 bits per heavy atom. The highest BCUT2D eigenvalue weighted by atomic mass is 16.5. The van der Waals surface area contributed by atoms with E-state index in [0.717, 1.165) is 17.7 Å². The van der Waals surface area contributed by atoms with E-state index in [-0.39, 0.29) is 17.8 Å². The number of fused-ring (bicyclic) bond motifs is 3. The number of rotatable bonds is 3. The quantitative estimate of drug-likeness (QED) is 0.659. The van der Waals surface area contributed by atoms with Crippen LogP contribution in [0.4, 0.5) is 5.69 Å². The Labute approximate surface area is 122 Å². The van der Waals surface area contributed by atoms with Gasteiger partial charge in [0.05, 0.1) is 12.2 Å². The molecule has 2 aliphatic rings. The van der Waals surface area contributed by atoms with E-state index in [1.165, 1.54) is 0 Å². The van der Waals surface area contributed by atoms with Gasteiger partial charge >= 0.3 is 11.9 Å². The molecule has 2 N–H and O–H groups in total. The number of benzene rings is 1. The predicted octanol–water partition coefficient (Wildman–Crippen LogP) is 2.40. The molecule has 3 rings (SSSR count). The molecule has 5 nitrogen and oxygen atoms in total. The molecule has 0 saturated carbocycles. The lowest BCUT2D eigenvalue weighted by atomic mass is 9.79. The largest absolute Gasteiger partial charge is 0.480 e. The SMILES string of the molecule is CCOC(=O)c1ccc2c(c1)[C@@H]1C=CC[C@@H]1[C@H](C(=O)O)N2. The summed E-state index contributed by atoms with van der Waals surface area (Å²) in [6.45, 7) is 2.10. The van der Waals surface area contributed by atoms with Gasteiger partial charge in [-0.25, -0.2) is 9.59 Å². The normalized spacial score (nSPS) is 25.7. The fraction of sp³-hybridized carbons (Fsp3) is 0.375. The molecule has 0 spiro atoms. The van der Waals surface area contributed by atoms with Gasteiger partial charge in [0.25, 0.3) is 0 Å². The van der Waals surface area contributed by atoms with Crippen molar-refractivity contribution >= 4 is 17.6 Å². The lowest BCUT2D eigenvalue weighted by molar-refractivity contribution is -0.139. The third kappa shape index (κ3) is 2.28. The number of esters is 1. The molecule has 5 heteroatoms. The summed E-state index contributed by atoms with van der Waals surface area (Å²) in [5.74, 6) is -1.16. The zero-order valence-corrected chi connectivity index (χ0v) is 11.7. The predicted molar refractivity (Wildman–Crippen MR) is 77.4 cm³/mol. The number of aliphatic carboxylic acids is 1. The smallest absolute Gasteiger partial charge is 0.338 e. The molecule has 0 saturated heterocycles. The number of hydrogen-bond donors (Lipinski definition) is 2. The van der Waals surface area contributed by atoms with Crippen molar-refractivity contribution in [1.29, 1.82) is 0 Å². The van der Waals surface area contributed by atoms with Crippen LogP contribution in [0.5, 0.6) is 0 Å². The van der Waals surface area contributed by atoms with Crippen LogP contribution in [-0.2, 0) is 9.53 Å². The van der Waals surface area contributed by atoms with Gasteiger partial charge in [0.15, 0.2) is 0 Å². The summed E-state index contributed by atoms with van der Waals surface area (Å²) < 4.78 is 5.02. The highest BCUT2D eigenvalue weighted by Gasteiger charge is 2.40. The van der Waals surface area contributed by atoms with Gasteiger partial charge in [-0.2, -0.15) is 0 Å². The number of carboxylic acids is 1. The van der Waals surface area contributed by atoms with Crippen molar-refractivity contribution in [3.8, 4) is 0 Å². The zero-order chi connectivity index (χ0) is 15.0. The van der Waals surface area contributed by atoms with Gasteiger partial charge in [0, 0.05) is 17.5 Å². The molecule has 0 unspecified atom stereocenters. The highest BCUT2D eigenvalue weighted by molar-refractivity contribution is 5.91. The maximum Gasteiger partial charge on any atom is 0.338 e. The summed E-state index contributed by atoms with van der Waals surface area (Å²) in [6, 6.07) is 4.65. The molecule has 1 aliphatic carbocycles. The van der Waals surface area contributed by atoms with Crippen LogP contribution in [0.3, 0.4) is 0 Å². The summed E-state index contributed by atoms with van der Waals surface area (Å²) in [6.07, 6.45) is 4.78. The highest BCUT2D eigenvalue weighted by Crippen LogP contribution is 2.44. The summed E-state index contributed by atoms with van der Waals surface area (Å²) in [7, 11) is 0. The van der Waals surface area contributed by atoms with Crippen molar-refractivity contribution in [1.82, 2.24) is 0 Å². The van der Waals surface area contributed by atoms with Crippen LogP contribution in [0, 0.1) is 5.92 Å². The van der Waals surface area contributed by atoms with E-state index >= 15 is 0 Å². The number of nitrogens with one attached hydrogen (secondary N) is 1. The number of hydrogen-bond acceptors (Lipinski definition) is 4. The van der Waals surface area contributed by atoms with E-state index in [1.54, 1.807) is 19.1 Å². The van der Waals surface area contributed by atoms with Gasteiger partial charge in [0.1, 0.15) is 6.04 Å². The molecular formula is C16H17NO4. The van der Waals surface area contributed by atoms with Crippen molar-refractivity contribution in [3.05, 3.63) is 41.5 Å². The number of carboxylic acid groups (broad SMARTS) is 1. The molecule has 0 amide bonds. The second-order valence-corrected chi connectivity index (χ2v) is 5.34. The van der Waals surface area contributed by atoms with Gasteiger partial charge in [-0.3, -0.25) is 0 Å². The lowest BCUT2D eigenvalue weighted by Crippen LogP contribution is -2.41. The Bertz CT molecular complexity index is 623. The minimum atomic E-state index is -0.839. The van der Waals surface area contributed by atoms with E-state index in [9.17, 15) is 14.7 Å². The van der Waals surface area contributed by atoms with Gasteiger partial charge in [-0.1, -0.05) is 12.2 Å². The summed E-state index contributed by atoms with van der Waals surface area (Å²) >= 11 is 0. The summed E-state index contributed by atoms with van der Waals surface area (Å²) in [4.78, 5) is 23.2. The summed E-state index contributed by atoms with van der Waals surface area (Å²) in [5.41, 5.74) is 2.25. The van der Waals surface area contributed by atoms with Crippen LogP contribution >= 0.6 is 0 Å². The Balaban J connectivity index is 1.99. The molecule has 1 aromatic carbocycles. The Morgan fingerprint density at radius 3 is 2.95 bits per heavy atom. The first-order valence-electron chi connectivity index (χ1n) is 7.09. The average molecular weight is 287 g/mol. The van der Waals surface area contributed by atoms with Crippen LogP contribution < -0.4 is 5.32 Å². The number of carbonyl (C=O) groups excluding carboxylic acids is 1. The van der Waals surface area contributed by atoms with Crippen molar-refractivity contribution in [2.75, 3.05) is 11.9 Å². The van der Waals surface area contributed by atoms with E-state index in [4.69, 9.17) is 4.74 Å². The topological polar surface area (TPSA) is 75.6 Å². The number of carbonyl (C=O) groups is 2. The fourth-order valence-electron chi connectivity index (χ4n) is 3.18. The van der Waals surface area contributed by atoms with E-state index in [2.05, 4.69) is 5.32 Å². The van der Waals surface area contributed by atoms with Gasteiger partial charge < -0.3 is 15.2 Å². The van der Waals surface area contributed by atoms with Crippen molar-refractivity contribution in [2.24, 2.45) is 5.92 Å². The number of allylic oxidation sites excluding steroid dienone is 2. The molecule has 0 fully saturated rings. The van der Waals surface area contributed by atoms with Gasteiger partial charge in [-0.05, 0) is 37.1 Å². The Kier molecular flexibility index (Phi) is 3.41. The van der Waals surface area contributed by atoms with Crippen molar-refractivity contribution in [3.63, 3.8) is 0 Å². The first-order valence-corrected chi connectivity index (χ1v) is 7.09. The molecule has 1 aromatic rings. The van der Waals surface area contributed by atoms with E-state index in [1.807, 2.05) is 18.2 Å². The molecule has 0 radical (unpaired) electrons. The molecule has 1 aliphatic heterocycles. The van der Waals surface area contributed by atoms with Crippen molar-refractivity contribution < 1.29 is 19.4 Å². The minimum absolute atomic E-state index is 0.00699. The van der Waals surface area contributed by atoms with E-state index in [0.29, 0.717) is 12.2 Å². The molecular weight excluding hydrogens is 270 g/mol. The Hall–Kier alpha value is -2.30. The molecule has 1 heterocycles.